The third-order valence-electron chi connectivity index (χ3n) is 2.11. The second-order valence-electron chi connectivity index (χ2n) is 3.27. The maximum Gasteiger partial charge on any atom is 0.223 e. The maximum absolute atomic E-state index is 11.4. The number of nitrogens with one attached hydrogen (secondary N) is 1. The molecule has 0 aromatic heterocycles. The van der Waals surface area contributed by atoms with Gasteiger partial charge in [-0.05, 0) is 19.4 Å². The molecule has 0 radical (unpaired) electrons. The number of carbonyl (C=O) groups excluding carboxylic acids is 1. The summed E-state index contributed by atoms with van der Waals surface area (Å²) in [4.78, 5) is 11.4. The van der Waals surface area contributed by atoms with Gasteiger partial charge in [0, 0.05) is 5.92 Å². The van der Waals surface area contributed by atoms with E-state index in [1.807, 2.05) is 13.8 Å². The van der Waals surface area contributed by atoms with Crippen LogP contribution in [0.1, 0.15) is 26.7 Å². The Morgan fingerprint density at radius 1 is 1.62 bits per heavy atom. The van der Waals surface area contributed by atoms with Gasteiger partial charge in [0.25, 0.3) is 0 Å². The van der Waals surface area contributed by atoms with Gasteiger partial charge in [0.05, 0.1) is 12.6 Å². The molecule has 0 aromatic carbocycles. The zero-order valence-electron chi connectivity index (χ0n) is 8.42. The number of amides is 1. The van der Waals surface area contributed by atoms with Crippen molar-refractivity contribution < 1.29 is 9.90 Å². The molecule has 0 aliphatic carbocycles. The molecule has 0 aliphatic rings. The van der Waals surface area contributed by atoms with Crippen molar-refractivity contribution in [1.29, 1.82) is 0 Å². The Kier molecular flexibility index (Phi) is 6.54. The molecule has 0 aromatic rings. The van der Waals surface area contributed by atoms with Crippen LogP contribution in [0.3, 0.4) is 0 Å². The third-order valence-corrected chi connectivity index (χ3v) is 2.11. The monoisotopic (exact) mass is 188 g/mol. The smallest absolute Gasteiger partial charge is 0.223 e. The molecule has 2 atom stereocenters. The Morgan fingerprint density at radius 2 is 2.23 bits per heavy atom. The minimum absolute atomic E-state index is 0.00240. The molecule has 0 bridgehead atoms. The standard InChI is InChI=1S/C9H20N2O2/c1-3-8(6-12)11-9(13)7(2)4-5-10/h7-8,12H,3-6,10H2,1-2H3,(H,11,13)/t7?,8-/m0/s1. The average molecular weight is 188 g/mol. The van der Waals surface area contributed by atoms with E-state index in [0.717, 1.165) is 6.42 Å². The summed E-state index contributed by atoms with van der Waals surface area (Å²) in [7, 11) is 0. The molecule has 4 N–H and O–H groups in total. The van der Waals surface area contributed by atoms with Crippen LogP contribution in [0.25, 0.3) is 0 Å². The maximum atomic E-state index is 11.4. The van der Waals surface area contributed by atoms with Crippen molar-refractivity contribution in [3.63, 3.8) is 0 Å². The molecular weight excluding hydrogens is 168 g/mol. The molecule has 4 heteroatoms. The molecule has 4 nitrogen and oxygen atoms in total. The first-order valence-corrected chi connectivity index (χ1v) is 4.77. The molecule has 0 aliphatic heterocycles. The molecule has 1 amide bonds. The minimum atomic E-state index is -0.118. The number of rotatable bonds is 6. The summed E-state index contributed by atoms with van der Waals surface area (Å²) in [6.45, 7) is 4.28. The SMILES string of the molecule is CC[C@@H](CO)NC(=O)C(C)CCN. The van der Waals surface area contributed by atoms with Crippen molar-refractivity contribution in [2.75, 3.05) is 13.2 Å². The first-order chi connectivity index (χ1) is 6.15. The zero-order valence-corrected chi connectivity index (χ0v) is 8.42. The summed E-state index contributed by atoms with van der Waals surface area (Å²) in [5.74, 6) is -0.0862. The van der Waals surface area contributed by atoms with Gasteiger partial charge in [-0.25, -0.2) is 0 Å². The molecular formula is C9H20N2O2. The van der Waals surface area contributed by atoms with E-state index in [0.29, 0.717) is 13.0 Å². The van der Waals surface area contributed by atoms with E-state index >= 15 is 0 Å². The predicted molar refractivity (Wildman–Crippen MR) is 52.1 cm³/mol. The van der Waals surface area contributed by atoms with Gasteiger partial charge in [-0.15, -0.1) is 0 Å². The van der Waals surface area contributed by atoms with Crippen molar-refractivity contribution >= 4 is 5.91 Å². The van der Waals surface area contributed by atoms with E-state index < -0.39 is 0 Å². The van der Waals surface area contributed by atoms with Crippen LogP contribution in [0.2, 0.25) is 0 Å². The number of aliphatic hydroxyl groups is 1. The molecule has 0 saturated heterocycles. The van der Waals surface area contributed by atoms with Crippen LogP contribution in [-0.2, 0) is 4.79 Å². The van der Waals surface area contributed by atoms with Crippen molar-refractivity contribution in [2.24, 2.45) is 11.7 Å². The normalized spacial score (nSPS) is 15.1. The Hall–Kier alpha value is -0.610. The van der Waals surface area contributed by atoms with Crippen molar-refractivity contribution in [3.8, 4) is 0 Å². The second-order valence-corrected chi connectivity index (χ2v) is 3.27. The third kappa shape index (κ3) is 4.85. The molecule has 13 heavy (non-hydrogen) atoms. The van der Waals surface area contributed by atoms with Gasteiger partial charge in [0.2, 0.25) is 5.91 Å². The summed E-state index contributed by atoms with van der Waals surface area (Å²) < 4.78 is 0. The van der Waals surface area contributed by atoms with E-state index in [9.17, 15) is 4.79 Å². The number of nitrogens with two attached hydrogens (primary N) is 1. The highest BCUT2D eigenvalue weighted by molar-refractivity contribution is 5.78. The lowest BCUT2D eigenvalue weighted by Gasteiger charge is -2.17. The van der Waals surface area contributed by atoms with Crippen molar-refractivity contribution in [1.82, 2.24) is 5.32 Å². The quantitative estimate of drug-likeness (QED) is 0.543. The second kappa shape index (κ2) is 6.86. The van der Waals surface area contributed by atoms with E-state index in [1.165, 1.54) is 0 Å². The first kappa shape index (κ1) is 12.4. The zero-order chi connectivity index (χ0) is 10.3. The van der Waals surface area contributed by atoms with Gasteiger partial charge < -0.3 is 16.2 Å². The van der Waals surface area contributed by atoms with Crippen LogP contribution < -0.4 is 11.1 Å². The van der Waals surface area contributed by atoms with Crippen LogP contribution in [-0.4, -0.2) is 30.2 Å². The molecule has 1 unspecified atom stereocenters. The Labute approximate surface area is 79.5 Å². The van der Waals surface area contributed by atoms with Gasteiger partial charge in [0.15, 0.2) is 0 Å². The van der Waals surface area contributed by atoms with Crippen molar-refractivity contribution in [2.45, 2.75) is 32.7 Å². The van der Waals surface area contributed by atoms with E-state index in [2.05, 4.69) is 5.32 Å². The van der Waals surface area contributed by atoms with Gasteiger partial charge >= 0.3 is 0 Å². The van der Waals surface area contributed by atoms with Crippen LogP contribution in [0.15, 0.2) is 0 Å². The lowest BCUT2D eigenvalue weighted by molar-refractivity contribution is -0.125. The lowest BCUT2D eigenvalue weighted by atomic mass is 10.1. The summed E-state index contributed by atoms with van der Waals surface area (Å²) in [6, 6.07) is -0.118. The Balaban J connectivity index is 3.83. The van der Waals surface area contributed by atoms with E-state index in [4.69, 9.17) is 10.8 Å². The molecule has 0 rings (SSSR count). The van der Waals surface area contributed by atoms with Crippen LogP contribution >= 0.6 is 0 Å². The van der Waals surface area contributed by atoms with Crippen LogP contribution in [0.4, 0.5) is 0 Å². The topological polar surface area (TPSA) is 75.3 Å². The van der Waals surface area contributed by atoms with E-state index in [1.54, 1.807) is 0 Å². The largest absolute Gasteiger partial charge is 0.394 e. The number of hydrogen-bond acceptors (Lipinski definition) is 3. The summed E-state index contributed by atoms with van der Waals surface area (Å²) in [5, 5.41) is 11.6. The molecule has 78 valence electrons. The summed E-state index contributed by atoms with van der Waals surface area (Å²) in [6.07, 6.45) is 1.44. The highest BCUT2D eigenvalue weighted by Gasteiger charge is 2.14. The predicted octanol–water partition coefficient (Wildman–Crippen LogP) is -0.142. The number of carbonyl (C=O) groups is 1. The summed E-state index contributed by atoms with van der Waals surface area (Å²) >= 11 is 0. The lowest BCUT2D eigenvalue weighted by Crippen LogP contribution is -2.40. The van der Waals surface area contributed by atoms with Gasteiger partial charge in [-0.2, -0.15) is 0 Å². The Bertz CT molecular complexity index is 147. The fraction of sp³-hybridized carbons (Fsp3) is 0.889. The fourth-order valence-electron chi connectivity index (χ4n) is 1.00. The summed E-state index contributed by atoms with van der Waals surface area (Å²) in [5.41, 5.74) is 5.33. The molecule has 0 fully saturated rings. The number of aliphatic hydroxyl groups excluding tert-OH is 1. The highest BCUT2D eigenvalue weighted by Crippen LogP contribution is 2.01. The molecule has 0 saturated carbocycles. The van der Waals surface area contributed by atoms with Crippen LogP contribution in [0.5, 0.6) is 0 Å². The minimum Gasteiger partial charge on any atom is -0.394 e. The van der Waals surface area contributed by atoms with Gasteiger partial charge in [0.1, 0.15) is 0 Å². The highest BCUT2D eigenvalue weighted by atomic mass is 16.3. The van der Waals surface area contributed by atoms with Crippen LogP contribution in [0, 0.1) is 5.92 Å². The number of hydrogen-bond donors (Lipinski definition) is 3. The van der Waals surface area contributed by atoms with E-state index in [-0.39, 0.29) is 24.5 Å². The molecule has 0 heterocycles. The Morgan fingerprint density at radius 3 is 2.62 bits per heavy atom. The first-order valence-electron chi connectivity index (χ1n) is 4.77. The van der Waals surface area contributed by atoms with Gasteiger partial charge in [-0.1, -0.05) is 13.8 Å². The molecule has 0 spiro atoms. The average Bonchev–Trinajstić information content (AvgIpc) is 2.14. The van der Waals surface area contributed by atoms with Gasteiger partial charge in [-0.3, -0.25) is 4.79 Å². The fourth-order valence-corrected chi connectivity index (χ4v) is 1.00. The van der Waals surface area contributed by atoms with Crippen molar-refractivity contribution in [3.05, 3.63) is 0 Å².